The first-order valence-electron chi connectivity index (χ1n) is 7.49. The number of halogens is 9. The van der Waals surface area contributed by atoms with Crippen molar-refractivity contribution in [3.05, 3.63) is 54.1 Å². The van der Waals surface area contributed by atoms with Gasteiger partial charge in [-0.05, 0) is 35.4 Å². The molecule has 0 heterocycles. The summed E-state index contributed by atoms with van der Waals surface area (Å²) in [4.78, 5) is 11.8. The van der Waals surface area contributed by atoms with Gasteiger partial charge in [-0.3, -0.25) is 0 Å². The molecule has 0 aromatic heterocycles. The van der Waals surface area contributed by atoms with E-state index in [0.717, 1.165) is 24.3 Å². The van der Waals surface area contributed by atoms with Crippen molar-refractivity contribution in [2.24, 2.45) is 0 Å². The molecule has 0 radical (unpaired) electrons. The molecule has 0 fully saturated rings. The number of hydrogen-bond donors (Lipinski definition) is 1. The van der Waals surface area contributed by atoms with Gasteiger partial charge >= 0.3 is 30.1 Å². The minimum atomic E-state index is -7.00. The predicted molar refractivity (Wildman–Crippen MR) is 82.6 cm³/mol. The molecule has 0 unspecified atom stereocenters. The molecule has 0 saturated carbocycles. The molecule has 2 rings (SSSR count). The fourth-order valence-corrected chi connectivity index (χ4v) is 2.33. The van der Waals surface area contributed by atoms with Gasteiger partial charge in [0.2, 0.25) is 0 Å². The summed E-state index contributed by atoms with van der Waals surface area (Å²) >= 11 is 0. The largest absolute Gasteiger partial charge is 0.447 e. The van der Waals surface area contributed by atoms with Crippen LogP contribution in [-0.4, -0.2) is 30.1 Å². The van der Waals surface area contributed by atoms with E-state index in [-0.39, 0.29) is 0 Å². The normalized spacial score (nSPS) is 13.3. The number of hydrogen-bond acceptors (Lipinski definition) is 3. The maximum Gasteiger partial charge on any atom is 0.447 e. The Labute approximate surface area is 156 Å². The summed E-state index contributed by atoms with van der Waals surface area (Å²) in [6.07, 6.45) is -21.0. The number of alkyl halides is 9. The van der Waals surface area contributed by atoms with Crippen molar-refractivity contribution in [3.63, 3.8) is 0 Å². The first kappa shape index (κ1) is 22.4. The van der Waals surface area contributed by atoms with Crippen molar-refractivity contribution in [2.45, 2.75) is 24.1 Å². The van der Waals surface area contributed by atoms with Gasteiger partial charge in [-0.25, -0.2) is 4.79 Å². The molecule has 0 aliphatic heterocycles. The smallest absolute Gasteiger partial charge is 0.428 e. The molecule has 2 N–H and O–H groups in total. The van der Waals surface area contributed by atoms with Gasteiger partial charge in [0.15, 0.2) is 0 Å². The van der Waals surface area contributed by atoms with Crippen molar-refractivity contribution < 1.29 is 49.0 Å². The highest BCUT2D eigenvalue weighted by atomic mass is 19.4. The second-order valence-corrected chi connectivity index (χ2v) is 5.76. The minimum Gasteiger partial charge on any atom is -0.428 e. The average Bonchev–Trinajstić information content (AvgIpc) is 2.57. The number of nitrogen functional groups attached to an aromatic ring is 1. The predicted octanol–water partition coefficient (Wildman–Crippen LogP) is 5.52. The van der Waals surface area contributed by atoms with E-state index < -0.39 is 35.7 Å². The third kappa shape index (κ3) is 4.10. The molecule has 3 nitrogen and oxygen atoms in total. The summed E-state index contributed by atoms with van der Waals surface area (Å²) in [6.45, 7) is 0. The maximum atomic E-state index is 12.8. The molecule has 158 valence electrons. The summed E-state index contributed by atoms with van der Waals surface area (Å²) in [5, 5.41) is 0. The lowest BCUT2D eigenvalue weighted by atomic mass is 10.0. The average molecular weight is 431 g/mol. The number of ether oxygens (including phenoxy) is 1. The quantitative estimate of drug-likeness (QED) is 0.396. The van der Waals surface area contributed by atoms with Crippen molar-refractivity contribution in [1.29, 1.82) is 0 Å². The highest BCUT2D eigenvalue weighted by molar-refractivity contribution is 5.90. The van der Waals surface area contributed by atoms with Crippen LogP contribution in [0.1, 0.15) is 10.4 Å². The van der Waals surface area contributed by atoms with E-state index in [0.29, 0.717) is 16.8 Å². The zero-order valence-corrected chi connectivity index (χ0v) is 13.9. The fourth-order valence-electron chi connectivity index (χ4n) is 2.33. The number of anilines is 1. The zero-order valence-electron chi connectivity index (χ0n) is 13.9. The van der Waals surface area contributed by atoms with Crippen LogP contribution in [0.2, 0.25) is 0 Å². The number of carbonyl (C=O) groups is 1. The number of rotatable bonds is 3. The molecule has 0 atom stereocenters. The lowest BCUT2D eigenvalue weighted by Crippen LogP contribution is -2.68. The Hall–Kier alpha value is -2.92. The molecular formula is C17H10F9NO2. The third-order valence-corrected chi connectivity index (χ3v) is 3.81. The maximum absolute atomic E-state index is 12.8. The topological polar surface area (TPSA) is 52.3 Å². The lowest BCUT2D eigenvalue weighted by molar-refractivity contribution is -0.443. The Balaban J connectivity index is 2.41. The van der Waals surface area contributed by atoms with Crippen LogP contribution in [-0.2, 0) is 4.74 Å². The highest BCUT2D eigenvalue weighted by Crippen LogP contribution is 2.55. The first-order chi connectivity index (χ1) is 13.1. The number of nitrogens with two attached hydrogens (primary N) is 1. The Morgan fingerprint density at radius 2 is 1.00 bits per heavy atom. The standard InChI is InChI=1S/C17H10F9NO2/c18-15(19,20)14(16(21,22)23,17(24,25)26)29-13(28)11-3-1-9(2-4-11)10-5-7-12(27)8-6-10/h1-8H,27H2. The van der Waals surface area contributed by atoms with E-state index in [1.54, 1.807) is 0 Å². The van der Waals surface area contributed by atoms with Gasteiger partial charge in [0.1, 0.15) is 0 Å². The molecule has 0 saturated heterocycles. The summed E-state index contributed by atoms with van der Waals surface area (Å²) in [5.74, 6) is -2.44. The van der Waals surface area contributed by atoms with Crippen LogP contribution in [0.25, 0.3) is 11.1 Å². The van der Waals surface area contributed by atoms with Crippen LogP contribution >= 0.6 is 0 Å². The summed E-state index contributed by atoms with van der Waals surface area (Å²) in [5.41, 5.74) is -0.803. The molecule has 2 aromatic rings. The molecule has 0 bridgehead atoms. The Bertz CT molecular complexity index is 830. The Morgan fingerprint density at radius 1 is 0.655 bits per heavy atom. The molecule has 12 heteroatoms. The van der Waals surface area contributed by atoms with E-state index in [1.165, 1.54) is 24.3 Å². The summed E-state index contributed by atoms with van der Waals surface area (Å²) in [6, 6.07) is 9.76. The zero-order chi connectivity index (χ0) is 22.3. The highest BCUT2D eigenvalue weighted by Gasteiger charge is 2.87. The lowest BCUT2D eigenvalue weighted by Gasteiger charge is -2.37. The van der Waals surface area contributed by atoms with Crippen molar-refractivity contribution in [1.82, 2.24) is 0 Å². The molecule has 2 aromatic carbocycles. The number of esters is 1. The monoisotopic (exact) mass is 431 g/mol. The van der Waals surface area contributed by atoms with Gasteiger partial charge in [-0.15, -0.1) is 0 Å². The second-order valence-electron chi connectivity index (χ2n) is 5.76. The van der Waals surface area contributed by atoms with Crippen LogP contribution < -0.4 is 5.73 Å². The van der Waals surface area contributed by atoms with E-state index >= 15 is 0 Å². The second kappa shape index (κ2) is 7.16. The van der Waals surface area contributed by atoms with Crippen molar-refractivity contribution in [3.8, 4) is 11.1 Å². The van der Waals surface area contributed by atoms with E-state index in [2.05, 4.69) is 4.74 Å². The van der Waals surface area contributed by atoms with Gasteiger partial charge < -0.3 is 10.5 Å². The van der Waals surface area contributed by atoms with E-state index in [9.17, 15) is 44.3 Å². The Kier molecular flexibility index (Phi) is 5.52. The first-order valence-corrected chi connectivity index (χ1v) is 7.49. The fraction of sp³-hybridized carbons (Fsp3) is 0.235. The molecule has 0 amide bonds. The minimum absolute atomic E-state index is 0.371. The van der Waals surface area contributed by atoms with Gasteiger partial charge in [0.05, 0.1) is 5.56 Å². The number of carbonyl (C=O) groups excluding carboxylic acids is 1. The van der Waals surface area contributed by atoms with Gasteiger partial charge in [-0.1, -0.05) is 24.3 Å². The Morgan fingerprint density at radius 3 is 1.34 bits per heavy atom. The van der Waals surface area contributed by atoms with Crippen molar-refractivity contribution in [2.75, 3.05) is 5.73 Å². The summed E-state index contributed by atoms with van der Waals surface area (Å²) < 4.78 is 119. The molecule has 0 aliphatic carbocycles. The molecular weight excluding hydrogens is 421 g/mol. The third-order valence-electron chi connectivity index (χ3n) is 3.81. The number of benzene rings is 2. The van der Waals surface area contributed by atoms with Crippen LogP contribution in [0.3, 0.4) is 0 Å². The van der Waals surface area contributed by atoms with E-state index in [1.807, 2.05) is 0 Å². The molecule has 29 heavy (non-hydrogen) atoms. The SMILES string of the molecule is Nc1ccc(-c2ccc(C(=O)OC(C(F)(F)F)(C(F)(F)F)C(F)(F)F)cc2)cc1. The van der Waals surface area contributed by atoms with Gasteiger partial charge in [0, 0.05) is 5.69 Å². The van der Waals surface area contributed by atoms with Gasteiger partial charge in [0.25, 0.3) is 0 Å². The molecule has 0 spiro atoms. The van der Waals surface area contributed by atoms with Crippen LogP contribution in [0.15, 0.2) is 48.5 Å². The van der Waals surface area contributed by atoms with Crippen LogP contribution in [0, 0.1) is 0 Å². The van der Waals surface area contributed by atoms with Crippen molar-refractivity contribution >= 4 is 11.7 Å². The van der Waals surface area contributed by atoms with E-state index in [4.69, 9.17) is 5.73 Å². The van der Waals surface area contributed by atoms with Crippen LogP contribution in [0.4, 0.5) is 45.2 Å². The molecule has 0 aliphatic rings. The van der Waals surface area contributed by atoms with Gasteiger partial charge in [-0.2, -0.15) is 39.5 Å². The summed E-state index contributed by atoms with van der Waals surface area (Å²) in [7, 11) is 0. The van der Waals surface area contributed by atoms with Crippen LogP contribution in [0.5, 0.6) is 0 Å².